The van der Waals surface area contributed by atoms with Crippen molar-refractivity contribution in [3.8, 4) is 16.9 Å². The smallest absolute Gasteiger partial charge is 0.158 e. The number of hydrogen-bond donors (Lipinski definition) is 0. The molecule has 0 amide bonds. The number of benzene rings is 2. The molecule has 1 saturated heterocycles. The van der Waals surface area contributed by atoms with Crippen LogP contribution >= 0.6 is 0 Å². The second-order valence-corrected chi connectivity index (χ2v) is 8.64. The molecule has 7 heteroatoms. The number of methoxy groups -OCH3 is 1. The maximum atomic E-state index is 14.7. The molecular formula is C24H30FN3O3. The van der Waals surface area contributed by atoms with Crippen LogP contribution in [0.3, 0.4) is 0 Å². The number of halogens is 1. The number of azide groups is 1. The molecule has 0 radical (unpaired) electrons. The van der Waals surface area contributed by atoms with Gasteiger partial charge < -0.3 is 14.2 Å². The van der Waals surface area contributed by atoms with E-state index < -0.39 is 0 Å². The van der Waals surface area contributed by atoms with Crippen molar-refractivity contribution >= 4 is 0 Å². The van der Waals surface area contributed by atoms with Crippen LogP contribution in [0.2, 0.25) is 0 Å². The summed E-state index contributed by atoms with van der Waals surface area (Å²) in [5, 5.41) is 3.75. The Hall–Kier alpha value is -2.60. The van der Waals surface area contributed by atoms with Crippen LogP contribution in [0.4, 0.5) is 4.39 Å². The molecule has 2 aromatic rings. The molecule has 166 valence electrons. The van der Waals surface area contributed by atoms with Gasteiger partial charge in [0.25, 0.3) is 0 Å². The zero-order chi connectivity index (χ0) is 22.3. The Balaban J connectivity index is 1.98. The van der Waals surface area contributed by atoms with Crippen LogP contribution in [0.1, 0.15) is 44.2 Å². The highest BCUT2D eigenvalue weighted by atomic mass is 19.1. The van der Waals surface area contributed by atoms with Gasteiger partial charge in [-0.15, -0.1) is 0 Å². The Morgan fingerprint density at radius 3 is 2.68 bits per heavy atom. The van der Waals surface area contributed by atoms with Gasteiger partial charge in [-0.1, -0.05) is 37.2 Å². The van der Waals surface area contributed by atoms with Crippen LogP contribution in [-0.2, 0) is 22.5 Å². The summed E-state index contributed by atoms with van der Waals surface area (Å²) in [5.74, 6) is 0.351. The predicted molar refractivity (Wildman–Crippen MR) is 118 cm³/mol. The molecule has 0 spiro atoms. The largest absolute Gasteiger partial charge is 0.496 e. The molecule has 0 N–H and O–H groups in total. The zero-order valence-electron chi connectivity index (χ0n) is 18.4. The molecule has 1 heterocycles. The molecule has 2 aromatic carbocycles. The Kier molecular flexibility index (Phi) is 7.91. The van der Waals surface area contributed by atoms with Crippen LogP contribution < -0.4 is 4.74 Å². The molecule has 1 unspecified atom stereocenters. The third-order valence-corrected chi connectivity index (χ3v) is 5.46. The summed E-state index contributed by atoms with van der Waals surface area (Å²) in [6.07, 6.45) is 3.42. The lowest BCUT2D eigenvalue weighted by Gasteiger charge is -2.26. The van der Waals surface area contributed by atoms with Crippen molar-refractivity contribution in [2.45, 2.75) is 52.4 Å². The first-order chi connectivity index (χ1) is 14.9. The molecule has 6 nitrogen and oxygen atoms in total. The minimum Gasteiger partial charge on any atom is -0.496 e. The molecule has 0 bridgehead atoms. The Bertz CT molecular complexity index is 936. The number of rotatable bonds is 9. The quantitative estimate of drug-likeness (QED) is 0.263. The van der Waals surface area contributed by atoms with Gasteiger partial charge in [0.1, 0.15) is 11.6 Å². The van der Waals surface area contributed by atoms with Gasteiger partial charge in [0.15, 0.2) is 6.29 Å². The van der Waals surface area contributed by atoms with E-state index in [1.807, 2.05) is 32.0 Å². The Morgan fingerprint density at radius 2 is 2.00 bits per heavy atom. The first-order valence-corrected chi connectivity index (χ1v) is 10.6. The van der Waals surface area contributed by atoms with E-state index in [-0.39, 0.29) is 17.5 Å². The average Bonchev–Trinajstić information content (AvgIpc) is 2.77. The highest BCUT2D eigenvalue weighted by Crippen LogP contribution is 2.37. The highest BCUT2D eigenvalue weighted by Gasteiger charge is 2.23. The molecule has 1 aliphatic heterocycles. The Morgan fingerprint density at radius 1 is 1.19 bits per heavy atom. The van der Waals surface area contributed by atoms with Crippen molar-refractivity contribution in [2.75, 3.05) is 20.3 Å². The molecule has 3 rings (SSSR count). The van der Waals surface area contributed by atoms with E-state index in [9.17, 15) is 4.39 Å². The van der Waals surface area contributed by atoms with Gasteiger partial charge in [-0.3, -0.25) is 0 Å². The van der Waals surface area contributed by atoms with Crippen molar-refractivity contribution in [1.29, 1.82) is 0 Å². The first-order valence-electron chi connectivity index (χ1n) is 10.6. The maximum absolute atomic E-state index is 14.7. The second kappa shape index (κ2) is 10.6. The first kappa shape index (κ1) is 23.1. The fourth-order valence-corrected chi connectivity index (χ4v) is 3.87. The molecule has 1 atom stereocenters. The van der Waals surface area contributed by atoms with E-state index in [0.29, 0.717) is 37.5 Å². The molecule has 0 saturated carbocycles. The SMILES string of the molecule is COc1cc(-c2ccccc2F)c(CC(C)(C)CN=[N+]=[N-])cc1COC1CCCCO1. The third-order valence-electron chi connectivity index (χ3n) is 5.46. The van der Waals surface area contributed by atoms with Gasteiger partial charge in [-0.2, -0.15) is 0 Å². The lowest BCUT2D eigenvalue weighted by atomic mass is 9.82. The standard InChI is InChI=1S/C24H30FN3O3/c1-24(2,16-27-28-26)14-17-12-18(15-31-23-10-6-7-11-30-23)22(29-3)13-20(17)19-8-4-5-9-21(19)25/h4-5,8-9,12-13,23H,6-7,10-11,14-16H2,1-3H3. The van der Waals surface area contributed by atoms with Crippen molar-refractivity contribution in [3.05, 3.63) is 63.8 Å². The minimum atomic E-state index is -0.300. The summed E-state index contributed by atoms with van der Waals surface area (Å²) in [4.78, 5) is 2.89. The van der Waals surface area contributed by atoms with E-state index in [2.05, 4.69) is 10.0 Å². The van der Waals surface area contributed by atoms with Gasteiger partial charge in [0.2, 0.25) is 0 Å². The summed E-state index contributed by atoms with van der Waals surface area (Å²) in [7, 11) is 1.60. The van der Waals surface area contributed by atoms with Gasteiger partial charge >= 0.3 is 0 Å². The highest BCUT2D eigenvalue weighted by molar-refractivity contribution is 5.71. The maximum Gasteiger partial charge on any atom is 0.158 e. The van der Waals surface area contributed by atoms with Crippen LogP contribution in [0.5, 0.6) is 5.75 Å². The van der Waals surface area contributed by atoms with Crippen molar-refractivity contribution in [1.82, 2.24) is 0 Å². The number of ether oxygens (including phenoxy) is 3. The minimum absolute atomic E-state index is 0.213. The predicted octanol–water partition coefficient (Wildman–Crippen LogP) is 6.42. The van der Waals surface area contributed by atoms with Crippen LogP contribution in [0.25, 0.3) is 21.6 Å². The van der Waals surface area contributed by atoms with Crippen molar-refractivity contribution < 1.29 is 18.6 Å². The molecule has 0 aromatic heterocycles. The van der Waals surface area contributed by atoms with E-state index in [1.54, 1.807) is 19.2 Å². The lowest BCUT2D eigenvalue weighted by Crippen LogP contribution is -2.22. The van der Waals surface area contributed by atoms with Gasteiger partial charge in [0.05, 0.1) is 13.7 Å². The summed E-state index contributed by atoms with van der Waals surface area (Å²) >= 11 is 0. The normalized spacial score (nSPS) is 16.6. The fraction of sp³-hybridized carbons (Fsp3) is 0.500. The van der Waals surface area contributed by atoms with Crippen molar-refractivity contribution in [2.24, 2.45) is 10.5 Å². The van der Waals surface area contributed by atoms with E-state index >= 15 is 0 Å². The van der Waals surface area contributed by atoms with E-state index in [4.69, 9.17) is 19.7 Å². The average molecular weight is 428 g/mol. The zero-order valence-corrected chi connectivity index (χ0v) is 18.4. The second-order valence-electron chi connectivity index (χ2n) is 8.64. The summed E-state index contributed by atoms with van der Waals surface area (Å²) < 4.78 is 32.0. The fourth-order valence-electron chi connectivity index (χ4n) is 3.87. The number of hydrogen-bond acceptors (Lipinski definition) is 4. The van der Waals surface area contributed by atoms with E-state index in [1.165, 1.54) is 6.07 Å². The van der Waals surface area contributed by atoms with Crippen LogP contribution in [0.15, 0.2) is 41.5 Å². The van der Waals surface area contributed by atoms with Crippen LogP contribution in [-0.4, -0.2) is 26.6 Å². The summed E-state index contributed by atoms with van der Waals surface area (Å²) in [6, 6.07) is 10.6. The van der Waals surface area contributed by atoms with Crippen molar-refractivity contribution in [3.63, 3.8) is 0 Å². The van der Waals surface area contributed by atoms with Gasteiger partial charge in [-0.05, 0) is 66.0 Å². The lowest BCUT2D eigenvalue weighted by molar-refractivity contribution is -0.169. The summed E-state index contributed by atoms with van der Waals surface area (Å²) in [6.45, 7) is 5.46. The molecular weight excluding hydrogens is 397 g/mol. The summed E-state index contributed by atoms with van der Waals surface area (Å²) in [5.41, 5.74) is 11.5. The number of nitrogens with zero attached hydrogens (tertiary/aromatic N) is 3. The monoisotopic (exact) mass is 427 g/mol. The molecule has 31 heavy (non-hydrogen) atoms. The molecule has 1 fully saturated rings. The van der Waals surface area contributed by atoms with Crippen LogP contribution in [0, 0.1) is 11.2 Å². The van der Waals surface area contributed by atoms with E-state index in [0.717, 1.165) is 36.0 Å². The Labute approximate surface area is 183 Å². The van der Waals surface area contributed by atoms with Gasteiger partial charge in [0, 0.05) is 29.2 Å². The van der Waals surface area contributed by atoms with Gasteiger partial charge in [-0.25, -0.2) is 4.39 Å². The topological polar surface area (TPSA) is 76.5 Å². The molecule has 1 aliphatic rings. The molecule has 0 aliphatic carbocycles. The third kappa shape index (κ3) is 6.20.